The van der Waals surface area contributed by atoms with Gasteiger partial charge in [-0.1, -0.05) is 29.3 Å². The zero-order valence-corrected chi connectivity index (χ0v) is 16.9. The molecule has 0 radical (unpaired) electrons. The molecule has 0 aliphatic carbocycles. The van der Waals surface area contributed by atoms with E-state index < -0.39 is 0 Å². The first kappa shape index (κ1) is 18.8. The molecule has 4 rings (SSSR count). The molecule has 8 heteroatoms. The highest BCUT2D eigenvalue weighted by Crippen LogP contribution is 2.30. The number of fused-ring (bicyclic) bond motifs is 1. The van der Waals surface area contributed by atoms with Crippen molar-refractivity contribution >= 4 is 29.1 Å². The van der Waals surface area contributed by atoms with Gasteiger partial charge in [-0.15, -0.1) is 0 Å². The molecule has 1 aliphatic heterocycles. The van der Waals surface area contributed by atoms with Crippen LogP contribution >= 0.6 is 23.2 Å². The lowest BCUT2D eigenvalue weighted by molar-refractivity contribution is 0.0628. The molecule has 6 nitrogen and oxygen atoms in total. The zero-order valence-electron chi connectivity index (χ0n) is 15.4. The van der Waals surface area contributed by atoms with E-state index in [1.165, 1.54) is 4.57 Å². The molecule has 3 heterocycles. The van der Waals surface area contributed by atoms with E-state index in [2.05, 4.69) is 4.98 Å². The van der Waals surface area contributed by atoms with Crippen molar-refractivity contribution in [3.63, 3.8) is 0 Å². The van der Waals surface area contributed by atoms with Crippen molar-refractivity contribution in [2.45, 2.75) is 26.4 Å². The molecule has 2 aromatic heterocycles. The minimum Gasteiger partial charge on any atom is -0.329 e. The van der Waals surface area contributed by atoms with Crippen molar-refractivity contribution < 1.29 is 4.79 Å². The third-order valence-electron chi connectivity index (χ3n) is 5.08. The Morgan fingerprint density at radius 1 is 1.07 bits per heavy atom. The van der Waals surface area contributed by atoms with Crippen molar-refractivity contribution in [1.29, 1.82) is 0 Å². The average molecular weight is 417 g/mol. The van der Waals surface area contributed by atoms with Crippen molar-refractivity contribution in [3.05, 3.63) is 80.2 Å². The van der Waals surface area contributed by atoms with E-state index in [1.54, 1.807) is 46.3 Å². The maximum Gasteiger partial charge on any atom is 0.275 e. The number of halogens is 2. The van der Waals surface area contributed by atoms with Crippen LogP contribution in [0, 0.1) is 6.92 Å². The van der Waals surface area contributed by atoms with Gasteiger partial charge in [0.15, 0.2) is 0 Å². The molecular formula is C20H18Cl2N4O2. The van der Waals surface area contributed by atoms with E-state index in [-0.39, 0.29) is 17.5 Å². The molecule has 144 valence electrons. The SMILES string of the molecule is Cc1cn(-c2ccc3n(c2=O)CCN(C(C)c2ccc(Cl)c(Cl)c2)C3=O)cn1. The quantitative estimate of drug-likeness (QED) is 0.650. The highest BCUT2D eigenvalue weighted by atomic mass is 35.5. The standard InChI is InChI=1S/C20H18Cl2N4O2/c1-12-10-24(11-23-12)17-5-6-18-20(28)25(7-8-26(18)19(17)27)13(2)14-3-4-15(21)16(22)9-14/h3-6,9-11,13H,7-8H2,1-2H3. The lowest BCUT2D eigenvalue weighted by Crippen LogP contribution is -2.45. The molecule has 0 saturated carbocycles. The summed E-state index contributed by atoms with van der Waals surface area (Å²) < 4.78 is 3.21. The van der Waals surface area contributed by atoms with E-state index >= 15 is 0 Å². The van der Waals surface area contributed by atoms with Crippen LogP contribution < -0.4 is 5.56 Å². The average Bonchev–Trinajstić information content (AvgIpc) is 3.10. The van der Waals surface area contributed by atoms with Crippen LogP contribution in [-0.2, 0) is 6.54 Å². The molecule has 28 heavy (non-hydrogen) atoms. The second kappa shape index (κ2) is 7.11. The maximum absolute atomic E-state index is 13.1. The van der Waals surface area contributed by atoms with Gasteiger partial charge in [-0.05, 0) is 43.7 Å². The van der Waals surface area contributed by atoms with Gasteiger partial charge in [-0.3, -0.25) is 9.59 Å². The highest BCUT2D eigenvalue weighted by molar-refractivity contribution is 6.42. The normalized spacial score (nSPS) is 14.9. The van der Waals surface area contributed by atoms with Gasteiger partial charge in [0.1, 0.15) is 11.4 Å². The van der Waals surface area contributed by atoms with Crippen molar-refractivity contribution in [3.8, 4) is 5.69 Å². The fourth-order valence-electron chi connectivity index (χ4n) is 3.50. The van der Waals surface area contributed by atoms with Crippen molar-refractivity contribution in [1.82, 2.24) is 19.0 Å². The molecule has 1 atom stereocenters. The van der Waals surface area contributed by atoms with Crippen LogP contribution in [0.1, 0.15) is 34.7 Å². The fourth-order valence-corrected chi connectivity index (χ4v) is 3.81. The lowest BCUT2D eigenvalue weighted by Gasteiger charge is -2.34. The Hall–Kier alpha value is -2.57. The Balaban J connectivity index is 1.68. The van der Waals surface area contributed by atoms with Gasteiger partial charge in [0.25, 0.3) is 11.5 Å². The third-order valence-corrected chi connectivity index (χ3v) is 5.82. The van der Waals surface area contributed by atoms with Crippen LogP contribution in [0.5, 0.6) is 0 Å². The summed E-state index contributed by atoms with van der Waals surface area (Å²) in [5, 5.41) is 0.925. The fraction of sp³-hybridized carbons (Fsp3) is 0.250. The summed E-state index contributed by atoms with van der Waals surface area (Å²) in [5.41, 5.74) is 2.36. The maximum atomic E-state index is 13.1. The Kier molecular flexibility index (Phi) is 4.77. The molecule has 0 bridgehead atoms. The molecular weight excluding hydrogens is 399 g/mol. The number of carbonyl (C=O) groups is 1. The van der Waals surface area contributed by atoms with Gasteiger partial charge in [-0.2, -0.15) is 0 Å². The van der Waals surface area contributed by atoms with Crippen molar-refractivity contribution in [2.75, 3.05) is 6.54 Å². The Morgan fingerprint density at radius 2 is 1.86 bits per heavy atom. The first-order chi connectivity index (χ1) is 13.4. The Labute approximate surface area is 171 Å². The second-order valence-electron chi connectivity index (χ2n) is 6.83. The number of carbonyl (C=O) groups excluding carboxylic acids is 1. The number of rotatable bonds is 3. The number of aryl methyl sites for hydroxylation is 1. The summed E-state index contributed by atoms with van der Waals surface area (Å²) in [6, 6.07) is 8.53. The van der Waals surface area contributed by atoms with E-state index in [9.17, 15) is 9.59 Å². The van der Waals surface area contributed by atoms with Gasteiger partial charge in [-0.25, -0.2) is 4.98 Å². The number of hydrogen-bond donors (Lipinski definition) is 0. The molecule has 0 saturated heterocycles. The van der Waals surface area contributed by atoms with Gasteiger partial charge in [0.05, 0.1) is 28.1 Å². The second-order valence-corrected chi connectivity index (χ2v) is 7.65. The van der Waals surface area contributed by atoms with Crippen LogP contribution in [0.4, 0.5) is 0 Å². The number of amides is 1. The molecule has 0 spiro atoms. The first-order valence-corrected chi connectivity index (χ1v) is 9.63. The van der Waals surface area contributed by atoms with Gasteiger partial charge < -0.3 is 14.0 Å². The van der Waals surface area contributed by atoms with Crippen LogP contribution in [0.25, 0.3) is 5.69 Å². The van der Waals surface area contributed by atoms with Crippen molar-refractivity contribution in [2.24, 2.45) is 0 Å². The van der Waals surface area contributed by atoms with E-state index in [0.29, 0.717) is 34.5 Å². The van der Waals surface area contributed by atoms with Crippen LogP contribution in [0.2, 0.25) is 10.0 Å². The summed E-state index contributed by atoms with van der Waals surface area (Å²) in [6.07, 6.45) is 3.38. The Bertz CT molecular complexity index is 1140. The minimum absolute atomic E-state index is 0.185. The number of hydrogen-bond acceptors (Lipinski definition) is 3. The van der Waals surface area contributed by atoms with Crippen LogP contribution in [0.15, 0.2) is 47.7 Å². The van der Waals surface area contributed by atoms with Gasteiger partial charge in [0.2, 0.25) is 0 Å². The Morgan fingerprint density at radius 3 is 2.54 bits per heavy atom. The first-order valence-electron chi connectivity index (χ1n) is 8.87. The number of pyridine rings is 1. The predicted molar refractivity (Wildman–Crippen MR) is 108 cm³/mol. The van der Waals surface area contributed by atoms with Gasteiger partial charge in [0, 0.05) is 19.3 Å². The largest absolute Gasteiger partial charge is 0.329 e. The van der Waals surface area contributed by atoms with Gasteiger partial charge >= 0.3 is 0 Å². The van der Waals surface area contributed by atoms with Crippen LogP contribution in [0.3, 0.4) is 0 Å². The molecule has 1 aliphatic rings. The molecule has 1 aromatic carbocycles. The number of nitrogens with zero attached hydrogens (tertiary/aromatic N) is 4. The number of imidazole rings is 1. The minimum atomic E-state index is -0.204. The number of benzene rings is 1. The topological polar surface area (TPSA) is 60.1 Å². The highest BCUT2D eigenvalue weighted by Gasteiger charge is 2.30. The summed E-state index contributed by atoms with van der Waals surface area (Å²) in [7, 11) is 0. The van der Waals surface area contributed by atoms with E-state index in [0.717, 1.165) is 11.3 Å². The summed E-state index contributed by atoms with van der Waals surface area (Å²) in [6.45, 7) is 4.65. The smallest absolute Gasteiger partial charge is 0.275 e. The molecule has 1 unspecified atom stereocenters. The van der Waals surface area contributed by atoms with E-state index in [1.807, 2.05) is 19.9 Å². The van der Waals surface area contributed by atoms with Crippen LogP contribution in [-0.4, -0.2) is 31.5 Å². The number of aromatic nitrogens is 3. The summed E-state index contributed by atoms with van der Waals surface area (Å²) >= 11 is 12.1. The third kappa shape index (κ3) is 3.12. The monoisotopic (exact) mass is 416 g/mol. The summed E-state index contributed by atoms with van der Waals surface area (Å²) in [4.78, 5) is 31.9. The van der Waals surface area contributed by atoms with E-state index in [4.69, 9.17) is 23.2 Å². The molecule has 0 fully saturated rings. The molecule has 1 amide bonds. The predicted octanol–water partition coefficient (Wildman–Crippen LogP) is 3.87. The molecule has 0 N–H and O–H groups in total. The molecule has 3 aromatic rings. The summed E-state index contributed by atoms with van der Waals surface area (Å²) in [5.74, 6) is -0.185. The zero-order chi connectivity index (χ0) is 20.0. The lowest BCUT2D eigenvalue weighted by atomic mass is 10.1.